The average molecular weight is 399 g/mol. The summed E-state index contributed by atoms with van der Waals surface area (Å²) in [5.74, 6) is 0.0934. The lowest BCUT2D eigenvalue weighted by Crippen LogP contribution is -2.11. The number of halogens is 6. The molecule has 12 heteroatoms. The number of benzene rings is 1. The fourth-order valence-corrected chi connectivity index (χ4v) is 1.66. The largest absolute Gasteiger partial charge is 0.497 e. The minimum Gasteiger partial charge on any atom is -0.497 e. The zero-order chi connectivity index (χ0) is 20.8. The number of aromatic nitrogens is 3. The van der Waals surface area contributed by atoms with Gasteiger partial charge in [-0.15, -0.1) is 4.98 Å². The standard InChI is InChI=1S/C9H6F6O.C6H9N3O2/c1-16-7-3-5(8(10,11)12)2-6(4-7)9(13,14)15;1-4-7-5(10-2)9-6(8-4)11-3/h2-4H,1H3;1-3H3. The summed E-state index contributed by atoms with van der Waals surface area (Å²) < 4.78 is 87.5. The third-order valence-corrected chi connectivity index (χ3v) is 2.87. The second kappa shape index (κ2) is 8.73. The summed E-state index contributed by atoms with van der Waals surface area (Å²) in [4.78, 5) is 11.6. The Kier molecular flexibility index (Phi) is 7.20. The second-order valence-electron chi connectivity index (χ2n) is 4.80. The number of nitrogens with zero attached hydrogens (tertiary/aromatic N) is 3. The van der Waals surface area contributed by atoms with E-state index in [1.165, 1.54) is 14.2 Å². The SMILES string of the molecule is COc1cc(C(F)(F)F)cc(C(F)(F)F)c1.COc1nc(C)nc(OC)n1. The van der Waals surface area contributed by atoms with Gasteiger partial charge in [0.2, 0.25) is 0 Å². The molecule has 0 bridgehead atoms. The lowest BCUT2D eigenvalue weighted by atomic mass is 10.1. The highest BCUT2D eigenvalue weighted by Gasteiger charge is 2.37. The van der Waals surface area contributed by atoms with Crippen LogP contribution >= 0.6 is 0 Å². The molecule has 0 aliphatic heterocycles. The first kappa shape index (κ1) is 22.3. The molecule has 0 unspecified atom stereocenters. The molecule has 6 nitrogen and oxygen atoms in total. The van der Waals surface area contributed by atoms with Crippen molar-refractivity contribution in [2.24, 2.45) is 0 Å². The van der Waals surface area contributed by atoms with Gasteiger partial charge in [-0.05, 0) is 25.1 Å². The number of methoxy groups -OCH3 is 3. The monoisotopic (exact) mass is 399 g/mol. The Morgan fingerprint density at radius 2 is 1.07 bits per heavy atom. The average Bonchev–Trinajstić information content (AvgIpc) is 2.59. The van der Waals surface area contributed by atoms with Crippen LogP contribution in [0.5, 0.6) is 17.8 Å². The van der Waals surface area contributed by atoms with Gasteiger partial charge in [-0.1, -0.05) is 0 Å². The minimum atomic E-state index is -4.84. The number of hydrogen-bond donors (Lipinski definition) is 0. The van der Waals surface area contributed by atoms with Crippen LogP contribution in [0.4, 0.5) is 26.3 Å². The van der Waals surface area contributed by atoms with Gasteiger partial charge in [0, 0.05) is 0 Å². The quantitative estimate of drug-likeness (QED) is 0.729. The number of hydrogen-bond acceptors (Lipinski definition) is 6. The van der Waals surface area contributed by atoms with E-state index in [-0.39, 0.29) is 18.1 Å². The number of ether oxygens (including phenoxy) is 3. The molecule has 2 aromatic rings. The second-order valence-corrected chi connectivity index (χ2v) is 4.80. The summed E-state index contributed by atoms with van der Waals surface area (Å²) in [6.45, 7) is 1.74. The van der Waals surface area contributed by atoms with Gasteiger partial charge in [0.05, 0.1) is 32.5 Å². The van der Waals surface area contributed by atoms with Crippen molar-refractivity contribution < 1.29 is 40.6 Å². The van der Waals surface area contributed by atoms with Crippen LogP contribution in [-0.4, -0.2) is 36.3 Å². The molecule has 0 atom stereocenters. The molecule has 150 valence electrons. The number of rotatable bonds is 3. The summed E-state index contributed by atoms with van der Waals surface area (Å²) in [7, 11) is 3.98. The van der Waals surface area contributed by atoms with Gasteiger partial charge in [-0.2, -0.15) is 36.3 Å². The molecule has 0 aliphatic rings. The van der Waals surface area contributed by atoms with Crippen LogP contribution in [0.15, 0.2) is 18.2 Å². The van der Waals surface area contributed by atoms with Crippen molar-refractivity contribution in [3.63, 3.8) is 0 Å². The molecule has 0 saturated heterocycles. The van der Waals surface area contributed by atoms with Crippen LogP contribution in [-0.2, 0) is 12.4 Å². The van der Waals surface area contributed by atoms with Crippen LogP contribution in [0.3, 0.4) is 0 Å². The normalized spacial score (nSPS) is 11.3. The minimum absolute atomic E-state index is 0.0442. The highest BCUT2D eigenvalue weighted by Crippen LogP contribution is 2.37. The van der Waals surface area contributed by atoms with Crippen molar-refractivity contribution in [1.82, 2.24) is 15.0 Å². The van der Waals surface area contributed by atoms with E-state index in [9.17, 15) is 26.3 Å². The molecule has 0 amide bonds. The van der Waals surface area contributed by atoms with E-state index >= 15 is 0 Å². The Bertz CT molecular complexity index is 711. The predicted octanol–water partition coefficient (Wildman–Crippen LogP) is 3.93. The van der Waals surface area contributed by atoms with Crippen molar-refractivity contribution in [1.29, 1.82) is 0 Å². The van der Waals surface area contributed by atoms with Gasteiger partial charge in [0.25, 0.3) is 0 Å². The fraction of sp³-hybridized carbons (Fsp3) is 0.400. The Hall–Kier alpha value is -2.79. The molecule has 1 heterocycles. The number of alkyl halides is 6. The molecule has 0 saturated carbocycles. The molecule has 1 aromatic heterocycles. The lowest BCUT2D eigenvalue weighted by Gasteiger charge is -2.13. The topological polar surface area (TPSA) is 66.4 Å². The summed E-state index contributed by atoms with van der Waals surface area (Å²) >= 11 is 0. The van der Waals surface area contributed by atoms with Crippen LogP contribution in [0.25, 0.3) is 0 Å². The van der Waals surface area contributed by atoms with Crippen molar-refractivity contribution in [2.75, 3.05) is 21.3 Å². The van der Waals surface area contributed by atoms with E-state index in [0.29, 0.717) is 18.0 Å². The van der Waals surface area contributed by atoms with Gasteiger partial charge < -0.3 is 14.2 Å². The van der Waals surface area contributed by atoms with Crippen molar-refractivity contribution in [3.05, 3.63) is 35.2 Å². The smallest absolute Gasteiger partial charge is 0.416 e. The van der Waals surface area contributed by atoms with Crippen molar-refractivity contribution in [3.8, 4) is 17.8 Å². The molecule has 0 aliphatic carbocycles. The molecule has 0 N–H and O–H groups in total. The summed E-state index contributed by atoms with van der Waals surface area (Å²) in [6.07, 6.45) is -9.68. The third-order valence-electron chi connectivity index (χ3n) is 2.87. The molecule has 2 rings (SSSR count). The predicted molar refractivity (Wildman–Crippen MR) is 80.7 cm³/mol. The van der Waals surface area contributed by atoms with Gasteiger partial charge in [-0.25, -0.2) is 0 Å². The Morgan fingerprint density at radius 1 is 0.667 bits per heavy atom. The van der Waals surface area contributed by atoms with Crippen LogP contribution in [0.1, 0.15) is 17.0 Å². The zero-order valence-electron chi connectivity index (χ0n) is 14.6. The van der Waals surface area contributed by atoms with Gasteiger partial charge in [0.15, 0.2) is 0 Å². The van der Waals surface area contributed by atoms with Crippen molar-refractivity contribution >= 4 is 0 Å². The Balaban J connectivity index is 0.000000289. The van der Waals surface area contributed by atoms with Gasteiger partial charge >= 0.3 is 24.4 Å². The van der Waals surface area contributed by atoms with Crippen molar-refractivity contribution in [2.45, 2.75) is 19.3 Å². The van der Waals surface area contributed by atoms with Gasteiger partial charge in [0.1, 0.15) is 11.6 Å². The first-order chi connectivity index (χ1) is 12.4. The van der Waals surface area contributed by atoms with Crippen LogP contribution < -0.4 is 14.2 Å². The molecule has 27 heavy (non-hydrogen) atoms. The summed E-state index contributed by atoms with van der Waals surface area (Å²) in [5.41, 5.74) is -2.78. The molecule has 0 radical (unpaired) electrons. The van der Waals surface area contributed by atoms with E-state index < -0.39 is 29.2 Å². The zero-order valence-corrected chi connectivity index (χ0v) is 14.6. The lowest BCUT2D eigenvalue weighted by molar-refractivity contribution is -0.143. The summed E-state index contributed by atoms with van der Waals surface area (Å²) in [6, 6.07) is 1.61. The maximum atomic E-state index is 12.2. The Labute approximate surface area is 150 Å². The molecular formula is C15H15F6N3O3. The first-order valence-electron chi connectivity index (χ1n) is 7.04. The van der Waals surface area contributed by atoms with E-state index in [1.54, 1.807) is 6.92 Å². The maximum Gasteiger partial charge on any atom is 0.416 e. The van der Waals surface area contributed by atoms with E-state index in [4.69, 9.17) is 9.47 Å². The maximum absolute atomic E-state index is 12.2. The van der Waals surface area contributed by atoms with Crippen LogP contribution in [0, 0.1) is 6.92 Å². The van der Waals surface area contributed by atoms with Gasteiger partial charge in [-0.3, -0.25) is 0 Å². The van der Waals surface area contributed by atoms with E-state index in [2.05, 4.69) is 19.7 Å². The highest BCUT2D eigenvalue weighted by atomic mass is 19.4. The fourth-order valence-electron chi connectivity index (χ4n) is 1.66. The summed E-state index contributed by atoms with van der Waals surface area (Å²) in [5, 5.41) is 0. The van der Waals surface area contributed by atoms with E-state index in [1.807, 2.05) is 0 Å². The third kappa shape index (κ3) is 6.79. The molecule has 0 spiro atoms. The molecule has 0 fully saturated rings. The number of aryl methyl sites for hydroxylation is 1. The van der Waals surface area contributed by atoms with Crippen LogP contribution in [0.2, 0.25) is 0 Å². The molecule has 1 aromatic carbocycles. The first-order valence-corrected chi connectivity index (χ1v) is 7.04. The van der Waals surface area contributed by atoms with E-state index in [0.717, 1.165) is 7.11 Å². The highest BCUT2D eigenvalue weighted by molar-refractivity contribution is 5.37. The Morgan fingerprint density at radius 3 is 1.37 bits per heavy atom. The molecular weight excluding hydrogens is 384 g/mol.